The van der Waals surface area contributed by atoms with E-state index in [1.165, 1.54) is 29.3 Å². The van der Waals surface area contributed by atoms with Gasteiger partial charge in [-0.15, -0.1) is 15.3 Å². The van der Waals surface area contributed by atoms with Gasteiger partial charge in [0, 0.05) is 0 Å². The Labute approximate surface area is 163 Å². The third-order valence-corrected chi connectivity index (χ3v) is 5.17. The molecule has 27 heavy (non-hydrogen) atoms. The number of aromatic nitrogens is 4. The van der Waals surface area contributed by atoms with E-state index in [-0.39, 0.29) is 11.8 Å². The molecule has 2 heterocycles. The number of thioether (sulfide) groups is 1. The van der Waals surface area contributed by atoms with Gasteiger partial charge in [0.05, 0.1) is 12.7 Å². The molecule has 3 rings (SSSR count). The van der Waals surface area contributed by atoms with Crippen molar-refractivity contribution in [2.75, 3.05) is 24.4 Å². The summed E-state index contributed by atoms with van der Waals surface area (Å²) in [6.45, 7) is 0. The lowest BCUT2D eigenvalue weighted by atomic mass is 10.1. The fourth-order valence-electron chi connectivity index (χ4n) is 2.38. The molecule has 11 heteroatoms. The Morgan fingerprint density at radius 3 is 2.93 bits per heavy atom. The molecule has 0 aliphatic carbocycles. The summed E-state index contributed by atoms with van der Waals surface area (Å²) in [4.78, 5) is 25.9. The molecule has 0 saturated carbocycles. The van der Waals surface area contributed by atoms with Crippen molar-refractivity contribution in [1.29, 1.82) is 0 Å². The molecule has 0 spiro atoms. The normalized spacial score (nSPS) is 11.9. The maximum Gasteiger partial charge on any atom is 0.255 e. The van der Waals surface area contributed by atoms with Crippen molar-refractivity contribution in [2.24, 2.45) is 0 Å². The van der Waals surface area contributed by atoms with Crippen molar-refractivity contribution in [1.82, 2.24) is 25.1 Å². The first-order chi connectivity index (χ1) is 13.1. The van der Waals surface area contributed by atoms with E-state index >= 15 is 0 Å². The van der Waals surface area contributed by atoms with Crippen molar-refractivity contribution in [3.8, 4) is 5.75 Å². The number of anilines is 1. The Balaban J connectivity index is 1.73. The van der Waals surface area contributed by atoms with Crippen LogP contribution in [0.5, 0.6) is 5.75 Å². The van der Waals surface area contributed by atoms with Gasteiger partial charge >= 0.3 is 0 Å². The minimum atomic E-state index is -0.704. The number of amides is 2. The first-order valence-corrected chi connectivity index (χ1v) is 10.2. The topological polar surface area (TPSA) is 111 Å². The molecule has 0 aliphatic rings. The van der Waals surface area contributed by atoms with Crippen LogP contribution in [-0.4, -0.2) is 56.8 Å². The van der Waals surface area contributed by atoms with Crippen LogP contribution in [0.4, 0.5) is 5.13 Å². The van der Waals surface area contributed by atoms with Gasteiger partial charge in [0.1, 0.15) is 18.1 Å². The molecule has 142 valence electrons. The highest BCUT2D eigenvalue weighted by molar-refractivity contribution is 7.98. The highest BCUT2D eigenvalue weighted by Gasteiger charge is 2.23. The van der Waals surface area contributed by atoms with Gasteiger partial charge in [0.2, 0.25) is 16.0 Å². The number of nitrogens with zero attached hydrogens (tertiary/aromatic N) is 4. The number of ether oxygens (including phenoxy) is 1. The van der Waals surface area contributed by atoms with E-state index < -0.39 is 6.04 Å². The van der Waals surface area contributed by atoms with Crippen molar-refractivity contribution < 1.29 is 14.3 Å². The van der Waals surface area contributed by atoms with Gasteiger partial charge in [-0.25, -0.2) is 0 Å². The van der Waals surface area contributed by atoms with Crippen molar-refractivity contribution in [2.45, 2.75) is 12.5 Å². The van der Waals surface area contributed by atoms with Gasteiger partial charge in [0.25, 0.3) is 5.91 Å². The molecule has 1 atom stereocenters. The van der Waals surface area contributed by atoms with Gasteiger partial charge in [-0.2, -0.15) is 16.3 Å². The van der Waals surface area contributed by atoms with Crippen LogP contribution in [0.3, 0.4) is 0 Å². The number of methoxy groups -OCH3 is 1. The lowest BCUT2D eigenvalue weighted by Crippen LogP contribution is -2.44. The van der Waals surface area contributed by atoms with Gasteiger partial charge in [-0.3, -0.25) is 14.9 Å². The first-order valence-electron chi connectivity index (χ1n) is 8.03. The Kier molecular flexibility index (Phi) is 6.24. The second-order valence-electron chi connectivity index (χ2n) is 5.46. The summed E-state index contributed by atoms with van der Waals surface area (Å²) in [5.41, 5.74) is 0.376. The molecule has 0 radical (unpaired) electrons. The molecule has 3 aromatic rings. The van der Waals surface area contributed by atoms with Gasteiger partial charge in [-0.1, -0.05) is 23.5 Å². The van der Waals surface area contributed by atoms with Crippen LogP contribution in [0.25, 0.3) is 4.96 Å². The van der Waals surface area contributed by atoms with Crippen LogP contribution >= 0.6 is 23.1 Å². The largest absolute Gasteiger partial charge is 0.496 e. The molecule has 0 fully saturated rings. The third-order valence-electron chi connectivity index (χ3n) is 3.70. The highest BCUT2D eigenvalue weighted by Crippen LogP contribution is 2.19. The summed E-state index contributed by atoms with van der Waals surface area (Å²) >= 11 is 2.80. The molecule has 2 amide bonds. The number of hydrogen-bond acceptors (Lipinski definition) is 8. The minimum absolute atomic E-state index is 0.336. The zero-order valence-electron chi connectivity index (χ0n) is 14.7. The number of carbonyl (C=O) groups is 2. The molecule has 2 aromatic heterocycles. The Hall–Kier alpha value is -2.66. The van der Waals surface area contributed by atoms with Crippen molar-refractivity contribution in [3.05, 3.63) is 36.2 Å². The van der Waals surface area contributed by atoms with Gasteiger partial charge < -0.3 is 10.1 Å². The van der Waals surface area contributed by atoms with Gasteiger partial charge in [0.15, 0.2) is 0 Å². The lowest BCUT2D eigenvalue weighted by Gasteiger charge is -2.18. The molecule has 0 unspecified atom stereocenters. The molecular formula is C16H18N6O3S2. The average molecular weight is 406 g/mol. The molecule has 9 nitrogen and oxygen atoms in total. The highest BCUT2D eigenvalue weighted by atomic mass is 32.2. The van der Waals surface area contributed by atoms with E-state index in [9.17, 15) is 9.59 Å². The summed E-state index contributed by atoms with van der Waals surface area (Å²) in [5.74, 6) is 0.465. The van der Waals surface area contributed by atoms with E-state index in [0.717, 1.165) is 5.75 Å². The lowest BCUT2D eigenvalue weighted by molar-refractivity contribution is -0.118. The van der Waals surface area contributed by atoms with E-state index in [1.807, 2.05) is 6.26 Å². The molecule has 2 N–H and O–H groups in total. The Morgan fingerprint density at radius 1 is 1.37 bits per heavy atom. The zero-order chi connectivity index (χ0) is 19.2. The van der Waals surface area contributed by atoms with Gasteiger partial charge in [-0.05, 0) is 30.6 Å². The number of rotatable bonds is 8. The van der Waals surface area contributed by atoms with E-state index in [4.69, 9.17) is 4.74 Å². The number of para-hydroxylation sites is 1. The van der Waals surface area contributed by atoms with Crippen LogP contribution in [0.2, 0.25) is 0 Å². The Morgan fingerprint density at radius 2 is 2.19 bits per heavy atom. The maximum absolute atomic E-state index is 12.7. The summed E-state index contributed by atoms with van der Waals surface area (Å²) in [6.07, 6.45) is 3.88. The van der Waals surface area contributed by atoms with Crippen LogP contribution in [0.1, 0.15) is 16.8 Å². The second-order valence-corrected chi connectivity index (χ2v) is 7.40. The number of hydrogen-bond donors (Lipinski definition) is 2. The summed E-state index contributed by atoms with van der Waals surface area (Å²) in [5, 5.41) is 17.7. The average Bonchev–Trinajstić information content (AvgIpc) is 3.26. The Bertz CT molecular complexity index is 913. The predicted molar refractivity (Wildman–Crippen MR) is 105 cm³/mol. The molecular weight excluding hydrogens is 388 g/mol. The molecule has 0 bridgehead atoms. The number of nitrogens with one attached hydrogen (secondary N) is 2. The molecule has 0 aliphatic heterocycles. The monoisotopic (exact) mass is 406 g/mol. The predicted octanol–water partition coefficient (Wildman–Crippen LogP) is 1.68. The maximum atomic E-state index is 12.7. The van der Waals surface area contributed by atoms with Crippen LogP contribution < -0.4 is 15.4 Å². The van der Waals surface area contributed by atoms with E-state index in [1.54, 1.807) is 36.0 Å². The minimum Gasteiger partial charge on any atom is -0.496 e. The molecule has 0 saturated heterocycles. The fraction of sp³-hybridized carbons (Fsp3) is 0.312. The van der Waals surface area contributed by atoms with Crippen LogP contribution in [-0.2, 0) is 4.79 Å². The third kappa shape index (κ3) is 4.55. The summed E-state index contributed by atoms with van der Waals surface area (Å²) in [6, 6.07) is 6.17. The summed E-state index contributed by atoms with van der Waals surface area (Å²) < 4.78 is 6.70. The van der Waals surface area contributed by atoms with Crippen LogP contribution in [0.15, 0.2) is 30.6 Å². The van der Waals surface area contributed by atoms with E-state index in [0.29, 0.717) is 27.8 Å². The smallest absolute Gasteiger partial charge is 0.255 e. The van der Waals surface area contributed by atoms with Crippen LogP contribution in [0, 0.1) is 0 Å². The fourth-order valence-corrected chi connectivity index (χ4v) is 3.57. The SMILES string of the molecule is COc1ccccc1C(=O)N[C@H](CCSC)C(=O)Nc1nn2cnnc2s1. The molecule has 1 aromatic carbocycles. The second kappa shape index (κ2) is 8.82. The zero-order valence-corrected chi connectivity index (χ0v) is 16.3. The summed E-state index contributed by atoms with van der Waals surface area (Å²) in [7, 11) is 1.50. The van der Waals surface area contributed by atoms with Crippen molar-refractivity contribution in [3.63, 3.8) is 0 Å². The standard InChI is InChI=1S/C16H18N6O3S2/c1-25-12-6-4-3-5-10(12)13(23)18-11(7-8-26-2)14(24)19-15-21-22-9-17-20-16(22)27-15/h3-6,9,11H,7-8H2,1-2H3,(H,18,23)(H,19,21,24)/t11-/m1/s1. The number of carbonyl (C=O) groups excluding carboxylic acids is 2. The quantitative estimate of drug-likeness (QED) is 0.585. The first kappa shape index (κ1) is 19.1. The number of fused-ring (bicyclic) bond motifs is 1. The van der Waals surface area contributed by atoms with Crippen molar-refractivity contribution >= 4 is 45.0 Å². The van der Waals surface area contributed by atoms with E-state index in [2.05, 4.69) is 25.9 Å². The number of benzene rings is 1.